The molecule has 0 radical (unpaired) electrons. The number of fused-ring (bicyclic) bond motifs is 1. The van der Waals surface area contributed by atoms with Crippen molar-refractivity contribution in [3.05, 3.63) is 77.0 Å². The minimum atomic E-state index is 0. The van der Waals surface area contributed by atoms with Crippen LogP contribution in [0.5, 0.6) is 0 Å². The molecule has 0 unspecified atom stereocenters. The monoisotopic (exact) mass is 474 g/mol. The largest absolute Gasteiger partial charge is 0.356 e. The Morgan fingerprint density at radius 3 is 2.48 bits per heavy atom. The number of guanidine groups is 1. The first kappa shape index (κ1) is 21.2. The highest BCUT2D eigenvalue weighted by Gasteiger charge is 2.04. The van der Waals surface area contributed by atoms with E-state index in [1.807, 2.05) is 12.3 Å². The summed E-state index contributed by atoms with van der Waals surface area (Å²) >= 11 is 0. The number of aliphatic imine (C=N–C) groups is 1. The van der Waals surface area contributed by atoms with Crippen LogP contribution in [0.4, 0.5) is 0 Å². The van der Waals surface area contributed by atoms with Crippen molar-refractivity contribution in [1.82, 2.24) is 15.6 Å². The first-order valence-electron chi connectivity index (χ1n) is 9.00. The van der Waals surface area contributed by atoms with Crippen molar-refractivity contribution < 1.29 is 0 Å². The van der Waals surface area contributed by atoms with Crippen molar-refractivity contribution in [2.75, 3.05) is 13.6 Å². The third-order valence-electron chi connectivity index (χ3n) is 4.37. The van der Waals surface area contributed by atoms with Gasteiger partial charge in [0.2, 0.25) is 0 Å². The molecule has 0 aliphatic heterocycles. The summed E-state index contributed by atoms with van der Waals surface area (Å²) in [7, 11) is 1.80. The average Bonchev–Trinajstić information content (AvgIpc) is 2.63. The van der Waals surface area contributed by atoms with Gasteiger partial charge in [0.15, 0.2) is 5.96 Å². The number of rotatable bonds is 5. The second-order valence-electron chi connectivity index (χ2n) is 6.59. The topological polar surface area (TPSA) is 49.3 Å². The number of hydrogen-bond acceptors (Lipinski definition) is 2. The van der Waals surface area contributed by atoms with Gasteiger partial charge in [-0.3, -0.25) is 9.98 Å². The molecule has 0 spiro atoms. The summed E-state index contributed by atoms with van der Waals surface area (Å²) in [6.07, 6.45) is 2.81. The Morgan fingerprint density at radius 2 is 1.74 bits per heavy atom. The lowest BCUT2D eigenvalue weighted by Crippen LogP contribution is -2.37. The second-order valence-corrected chi connectivity index (χ2v) is 6.59. The Hall–Kier alpha value is -2.15. The molecule has 2 aromatic carbocycles. The number of hydrogen-bond donors (Lipinski definition) is 2. The van der Waals surface area contributed by atoms with E-state index in [1.165, 1.54) is 22.3 Å². The molecule has 2 N–H and O–H groups in total. The normalized spacial score (nSPS) is 11.1. The van der Waals surface area contributed by atoms with Gasteiger partial charge in [-0.15, -0.1) is 24.0 Å². The molecular weight excluding hydrogens is 447 g/mol. The van der Waals surface area contributed by atoms with Gasteiger partial charge in [-0.2, -0.15) is 0 Å². The van der Waals surface area contributed by atoms with Crippen molar-refractivity contribution in [2.24, 2.45) is 4.99 Å². The van der Waals surface area contributed by atoms with Crippen molar-refractivity contribution >= 4 is 40.8 Å². The van der Waals surface area contributed by atoms with Crippen LogP contribution < -0.4 is 10.6 Å². The smallest absolute Gasteiger partial charge is 0.191 e. The summed E-state index contributed by atoms with van der Waals surface area (Å²) in [6.45, 7) is 5.82. The van der Waals surface area contributed by atoms with Crippen LogP contribution in [0.15, 0.2) is 59.7 Å². The van der Waals surface area contributed by atoms with E-state index in [4.69, 9.17) is 0 Å². The zero-order chi connectivity index (χ0) is 18.4. The number of aryl methyl sites for hydroxylation is 2. The van der Waals surface area contributed by atoms with Crippen LogP contribution in [0.25, 0.3) is 10.9 Å². The molecule has 1 aromatic heterocycles. The molecule has 142 valence electrons. The molecule has 3 rings (SSSR count). The van der Waals surface area contributed by atoms with E-state index >= 15 is 0 Å². The molecule has 3 aromatic rings. The van der Waals surface area contributed by atoms with Gasteiger partial charge in [0.1, 0.15) is 0 Å². The van der Waals surface area contributed by atoms with E-state index < -0.39 is 0 Å². The van der Waals surface area contributed by atoms with Crippen molar-refractivity contribution in [2.45, 2.75) is 26.8 Å². The lowest BCUT2D eigenvalue weighted by molar-refractivity contribution is 0.795. The fourth-order valence-electron chi connectivity index (χ4n) is 3.25. The molecule has 0 amide bonds. The third-order valence-corrected chi connectivity index (χ3v) is 4.37. The van der Waals surface area contributed by atoms with Gasteiger partial charge in [-0.05, 0) is 37.5 Å². The zero-order valence-electron chi connectivity index (χ0n) is 16.1. The fourth-order valence-corrected chi connectivity index (χ4v) is 3.25. The summed E-state index contributed by atoms with van der Waals surface area (Å²) in [4.78, 5) is 8.83. The van der Waals surface area contributed by atoms with Gasteiger partial charge >= 0.3 is 0 Å². The molecule has 0 bridgehead atoms. The van der Waals surface area contributed by atoms with Gasteiger partial charge < -0.3 is 10.6 Å². The van der Waals surface area contributed by atoms with Crippen LogP contribution in [0, 0.1) is 13.8 Å². The summed E-state index contributed by atoms with van der Waals surface area (Å²) in [6, 6.07) is 17.0. The number of nitrogens with zero attached hydrogens (tertiary/aromatic N) is 2. The predicted molar refractivity (Wildman–Crippen MR) is 125 cm³/mol. The van der Waals surface area contributed by atoms with Gasteiger partial charge in [0, 0.05) is 31.7 Å². The molecule has 27 heavy (non-hydrogen) atoms. The van der Waals surface area contributed by atoms with Crippen LogP contribution in [0.3, 0.4) is 0 Å². The Labute approximate surface area is 178 Å². The highest BCUT2D eigenvalue weighted by Crippen LogP contribution is 2.15. The average molecular weight is 474 g/mol. The number of para-hydroxylation sites is 1. The summed E-state index contributed by atoms with van der Waals surface area (Å²) < 4.78 is 0. The molecule has 5 heteroatoms. The summed E-state index contributed by atoms with van der Waals surface area (Å²) in [5.74, 6) is 0.808. The van der Waals surface area contributed by atoms with E-state index in [0.717, 1.165) is 29.8 Å². The predicted octanol–water partition coefficient (Wildman–Crippen LogP) is 4.38. The van der Waals surface area contributed by atoms with E-state index in [-0.39, 0.29) is 24.0 Å². The molecule has 0 atom stereocenters. The van der Waals surface area contributed by atoms with E-state index in [1.54, 1.807) is 7.05 Å². The number of aromatic nitrogens is 1. The fraction of sp³-hybridized carbons (Fsp3) is 0.273. The third kappa shape index (κ3) is 5.92. The lowest BCUT2D eigenvalue weighted by Gasteiger charge is -2.13. The van der Waals surface area contributed by atoms with Gasteiger partial charge in [0.25, 0.3) is 0 Å². The maximum Gasteiger partial charge on any atom is 0.191 e. The summed E-state index contributed by atoms with van der Waals surface area (Å²) in [5.41, 5.74) is 6.18. The molecule has 4 nitrogen and oxygen atoms in total. The standard InChI is InChI=1S/C22H26N4.HI/c1-16-12-17(2)14-18(13-16)9-11-25-22(23-3)26-15-20-7-4-6-19-8-5-10-24-21(19)20;/h4-8,10,12-14H,9,11,15H2,1-3H3,(H2,23,25,26);1H. The number of halogens is 1. The van der Waals surface area contributed by atoms with Crippen molar-refractivity contribution in [3.63, 3.8) is 0 Å². The van der Waals surface area contributed by atoms with Gasteiger partial charge in [-0.25, -0.2) is 0 Å². The second kappa shape index (κ2) is 10.3. The molecule has 0 saturated carbocycles. The SMILES string of the molecule is CN=C(NCCc1cc(C)cc(C)c1)NCc1cccc2cccnc12.I. The van der Waals surface area contributed by atoms with E-state index in [2.05, 4.69) is 76.9 Å². The first-order valence-corrected chi connectivity index (χ1v) is 9.00. The van der Waals surface area contributed by atoms with Crippen LogP contribution in [0.2, 0.25) is 0 Å². The number of pyridine rings is 1. The van der Waals surface area contributed by atoms with Crippen LogP contribution in [-0.4, -0.2) is 24.5 Å². The first-order chi connectivity index (χ1) is 12.7. The van der Waals surface area contributed by atoms with Crippen LogP contribution in [0.1, 0.15) is 22.3 Å². The highest BCUT2D eigenvalue weighted by atomic mass is 127. The molecule has 0 saturated heterocycles. The van der Waals surface area contributed by atoms with Crippen LogP contribution in [-0.2, 0) is 13.0 Å². The van der Waals surface area contributed by atoms with Gasteiger partial charge in [-0.1, -0.05) is 53.6 Å². The summed E-state index contributed by atoms with van der Waals surface area (Å²) in [5, 5.41) is 7.94. The molecule has 0 fully saturated rings. The maximum absolute atomic E-state index is 4.50. The molecule has 0 aliphatic carbocycles. The highest BCUT2D eigenvalue weighted by molar-refractivity contribution is 14.0. The lowest BCUT2D eigenvalue weighted by atomic mass is 10.1. The zero-order valence-corrected chi connectivity index (χ0v) is 18.5. The molecular formula is C22H27IN4. The Bertz CT molecular complexity index is 896. The Kier molecular flexibility index (Phi) is 8.03. The van der Waals surface area contributed by atoms with E-state index in [9.17, 15) is 0 Å². The number of benzene rings is 2. The van der Waals surface area contributed by atoms with Crippen LogP contribution >= 0.6 is 24.0 Å². The Balaban J connectivity index is 0.00000261. The Morgan fingerprint density at radius 1 is 1.00 bits per heavy atom. The number of nitrogens with one attached hydrogen (secondary N) is 2. The van der Waals surface area contributed by atoms with Crippen molar-refractivity contribution in [1.29, 1.82) is 0 Å². The van der Waals surface area contributed by atoms with Crippen molar-refractivity contribution in [3.8, 4) is 0 Å². The van der Waals surface area contributed by atoms with E-state index in [0.29, 0.717) is 6.54 Å². The maximum atomic E-state index is 4.50. The molecule has 1 heterocycles. The van der Waals surface area contributed by atoms with Gasteiger partial charge in [0.05, 0.1) is 5.52 Å². The minimum Gasteiger partial charge on any atom is -0.356 e. The molecule has 0 aliphatic rings. The minimum absolute atomic E-state index is 0. The quantitative estimate of drug-likeness (QED) is 0.328.